The van der Waals surface area contributed by atoms with Crippen molar-refractivity contribution in [1.82, 2.24) is 19.9 Å². The lowest BCUT2D eigenvalue weighted by molar-refractivity contribution is 0.0116. The molecule has 3 rings (SSSR count). The standard InChI is InChI=1S/C16H28N4O3/c1-13-17-16(18-23-13)11-19(2)14-5-6-20(10-14)7-9-21-12-15-4-3-8-22-15/h14-15H,3-12H2,1-2H3. The molecule has 2 fully saturated rings. The van der Waals surface area contributed by atoms with Crippen LogP contribution in [0.3, 0.4) is 0 Å². The number of rotatable bonds is 8. The Morgan fingerprint density at radius 2 is 2.30 bits per heavy atom. The van der Waals surface area contributed by atoms with Gasteiger partial charge in [-0.1, -0.05) is 5.16 Å². The van der Waals surface area contributed by atoms with E-state index in [9.17, 15) is 0 Å². The summed E-state index contributed by atoms with van der Waals surface area (Å²) in [5.41, 5.74) is 0. The van der Waals surface area contributed by atoms with Crippen LogP contribution in [0.4, 0.5) is 0 Å². The minimum absolute atomic E-state index is 0.325. The average Bonchev–Trinajstić information content (AvgIpc) is 3.25. The van der Waals surface area contributed by atoms with E-state index >= 15 is 0 Å². The number of aromatic nitrogens is 2. The summed E-state index contributed by atoms with van der Waals surface area (Å²) in [6.07, 6.45) is 3.82. The fourth-order valence-electron chi connectivity index (χ4n) is 3.32. The van der Waals surface area contributed by atoms with Gasteiger partial charge in [0.15, 0.2) is 5.82 Å². The van der Waals surface area contributed by atoms with Gasteiger partial charge in [0.1, 0.15) is 0 Å². The van der Waals surface area contributed by atoms with Gasteiger partial charge in [-0.15, -0.1) is 0 Å². The molecule has 0 aromatic carbocycles. The molecule has 2 unspecified atom stereocenters. The van der Waals surface area contributed by atoms with Gasteiger partial charge in [0, 0.05) is 32.7 Å². The van der Waals surface area contributed by atoms with Crippen molar-refractivity contribution in [1.29, 1.82) is 0 Å². The van der Waals surface area contributed by atoms with E-state index in [1.807, 2.05) is 6.92 Å². The van der Waals surface area contributed by atoms with E-state index in [2.05, 4.69) is 27.0 Å². The molecule has 1 aromatic heterocycles. The van der Waals surface area contributed by atoms with Crippen molar-refractivity contribution in [2.24, 2.45) is 0 Å². The Morgan fingerprint density at radius 3 is 3.04 bits per heavy atom. The third-order valence-electron chi connectivity index (χ3n) is 4.71. The summed E-state index contributed by atoms with van der Waals surface area (Å²) in [5.74, 6) is 1.40. The van der Waals surface area contributed by atoms with Crippen molar-refractivity contribution in [2.45, 2.75) is 44.9 Å². The molecule has 7 heteroatoms. The predicted octanol–water partition coefficient (Wildman–Crippen LogP) is 1.08. The van der Waals surface area contributed by atoms with Crippen molar-refractivity contribution < 1.29 is 14.0 Å². The number of aryl methyl sites for hydroxylation is 1. The first kappa shape index (κ1) is 16.8. The SMILES string of the molecule is Cc1nc(CN(C)C2CCN(CCOCC3CCCO3)C2)no1. The fraction of sp³-hybridized carbons (Fsp3) is 0.875. The van der Waals surface area contributed by atoms with E-state index in [4.69, 9.17) is 14.0 Å². The highest BCUT2D eigenvalue weighted by Gasteiger charge is 2.26. The molecule has 0 bridgehead atoms. The van der Waals surface area contributed by atoms with Gasteiger partial charge in [-0.05, 0) is 32.9 Å². The molecule has 2 atom stereocenters. The maximum absolute atomic E-state index is 5.76. The summed E-state index contributed by atoms with van der Waals surface area (Å²) in [5, 5.41) is 3.97. The molecule has 1 aromatic rings. The molecule has 0 aliphatic carbocycles. The van der Waals surface area contributed by atoms with Crippen molar-refractivity contribution in [3.63, 3.8) is 0 Å². The van der Waals surface area contributed by atoms with Crippen LogP contribution in [0, 0.1) is 6.92 Å². The van der Waals surface area contributed by atoms with Crippen molar-refractivity contribution in [3.05, 3.63) is 11.7 Å². The maximum Gasteiger partial charge on any atom is 0.223 e. The zero-order valence-electron chi connectivity index (χ0n) is 14.2. The quantitative estimate of drug-likeness (QED) is 0.663. The second kappa shape index (κ2) is 8.19. The maximum atomic E-state index is 5.76. The van der Waals surface area contributed by atoms with E-state index in [1.54, 1.807) is 0 Å². The van der Waals surface area contributed by atoms with Gasteiger partial charge in [-0.25, -0.2) is 0 Å². The second-order valence-electron chi connectivity index (χ2n) is 6.60. The molecular weight excluding hydrogens is 296 g/mol. The third kappa shape index (κ3) is 4.97. The van der Waals surface area contributed by atoms with E-state index in [-0.39, 0.29) is 0 Å². The molecule has 3 heterocycles. The molecule has 7 nitrogen and oxygen atoms in total. The van der Waals surface area contributed by atoms with Crippen LogP contribution in [0.25, 0.3) is 0 Å². The van der Waals surface area contributed by atoms with Crippen LogP contribution < -0.4 is 0 Å². The highest BCUT2D eigenvalue weighted by atomic mass is 16.5. The molecule has 0 amide bonds. The Hall–Kier alpha value is -1.02. The van der Waals surface area contributed by atoms with Gasteiger partial charge in [0.05, 0.1) is 25.9 Å². The van der Waals surface area contributed by atoms with Crippen LogP contribution in [-0.4, -0.2) is 78.6 Å². The molecule has 0 N–H and O–H groups in total. The minimum Gasteiger partial charge on any atom is -0.377 e. The molecule has 2 aliphatic rings. The molecule has 0 radical (unpaired) electrons. The van der Waals surface area contributed by atoms with Crippen LogP contribution in [0.15, 0.2) is 4.52 Å². The van der Waals surface area contributed by atoms with Gasteiger partial charge in [0.25, 0.3) is 0 Å². The molecular formula is C16H28N4O3. The molecule has 0 spiro atoms. The number of ether oxygens (including phenoxy) is 2. The molecule has 23 heavy (non-hydrogen) atoms. The first-order chi connectivity index (χ1) is 11.2. The normalized spacial score (nSPS) is 25.7. The van der Waals surface area contributed by atoms with Gasteiger partial charge in [0.2, 0.25) is 5.89 Å². The van der Waals surface area contributed by atoms with Crippen LogP contribution in [-0.2, 0) is 16.0 Å². The summed E-state index contributed by atoms with van der Waals surface area (Å²) in [4.78, 5) is 9.06. The van der Waals surface area contributed by atoms with E-state index in [0.717, 1.165) is 58.2 Å². The van der Waals surface area contributed by atoms with Gasteiger partial charge in [-0.3, -0.25) is 9.80 Å². The summed E-state index contributed by atoms with van der Waals surface area (Å²) < 4.78 is 16.4. The Balaban J connectivity index is 1.31. The summed E-state index contributed by atoms with van der Waals surface area (Å²) in [7, 11) is 2.13. The lowest BCUT2D eigenvalue weighted by Gasteiger charge is -2.23. The van der Waals surface area contributed by atoms with Crippen molar-refractivity contribution in [3.8, 4) is 0 Å². The van der Waals surface area contributed by atoms with Crippen LogP contribution in [0.2, 0.25) is 0 Å². The van der Waals surface area contributed by atoms with E-state index in [0.29, 0.717) is 18.0 Å². The Kier molecular flexibility index (Phi) is 5.99. The van der Waals surface area contributed by atoms with Crippen molar-refractivity contribution >= 4 is 0 Å². The Morgan fingerprint density at radius 1 is 1.39 bits per heavy atom. The molecule has 2 saturated heterocycles. The summed E-state index contributed by atoms with van der Waals surface area (Å²) in [6, 6.07) is 0.548. The second-order valence-corrected chi connectivity index (χ2v) is 6.60. The lowest BCUT2D eigenvalue weighted by Crippen LogP contribution is -2.35. The summed E-state index contributed by atoms with van der Waals surface area (Å²) in [6.45, 7) is 8.21. The highest BCUT2D eigenvalue weighted by Crippen LogP contribution is 2.16. The predicted molar refractivity (Wildman–Crippen MR) is 85.1 cm³/mol. The highest BCUT2D eigenvalue weighted by molar-refractivity contribution is 4.88. The zero-order chi connectivity index (χ0) is 16.1. The Bertz CT molecular complexity index is 476. The number of hydrogen-bond donors (Lipinski definition) is 0. The molecule has 130 valence electrons. The lowest BCUT2D eigenvalue weighted by atomic mass is 10.2. The van der Waals surface area contributed by atoms with Gasteiger partial charge < -0.3 is 14.0 Å². The van der Waals surface area contributed by atoms with E-state index in [1.165, 1.54) is 12.8 Å². The van der Waals surface area contributed by atoms with Crippen molar-refractivity contribution in [2.75, 3.05) is 46.5 Å². The number of hydrogen-bond acceptors (Lipinski definition) is 7. The zero-order valence-corrected chi connectivity index (χ0v) is 14.2. The first-order valence-corrected chi connectivity index (χ1v) is 8.62. The Labute approximate surface area is 137 Å². The van der Waals surface area contributed by atoms with Gasteiger partial charge in [-0.2, -0.15) is 4.98 Å². The number of nitrogens with zero attached hydrogens (tertiary/aromatic N) is 4. The first-order valence-electron chi connectivity index (χ1n) is 8.62. The average molecular weight is 324 g/mol. The monoisotopic (exact) mass is 324 g/mol. The van der Waals surface area contributed by atoms with E-state index < -0.39 is 0 Å². The fourth-order valence-corrected chi connectivity index (χ4v) is 3.32. The minimum atomic E-state index is 0.325. The largest absolute Gasteiger partial charge is 0.377 e. The van der Waals surface area contributed by atoms with Crippen LogP contribution >= 0.6 is 0 Å². The smallest absolute Gasteiger partial charge is 0.223 e. The van der Waals surface area contributed by atoms with Crippen LogP contribution in [0.5, 0.6) is 0 Å². The number of likely N-dealkylation sites (N-methyl/N-ethyl adjacent to an activating group) is 1. The molecule has 0 saturated carbocycles. The molecule has 2 aliphatic heterocycles. The number of likely N-dealkylation sites (tertiary alicyclic amines) is 1. The topological polar surface area (TPSA) is 63.9 Å². The third-order valence-corrected chi connectivity index (χ3v) is 4.71. The van der Waals surface area contributed by atoms with Crippen LogP contribution in [0.1, 0.15) is 31.0 Å². The summed E-state index contributed by atoms with van der Waals surface area (Å²) >= 11 is 0. The van der Waals surface area contributed by atoms with Gasteiger partial charge >= 0.3 is 0 Å².